The molecule has 1 aliphatic heterocycles. The number of imidazole rings is 1. The number of amides is 1. The van der Waals surface area contributed by atoms with Gasteiger partial charge in [-0.05, 0) is 87.8 Å². The van der Waals surface area contributed by atoms with Gasteiger partial charge in [-0.25, -0.2) is 9.98 Å². The molecule has 1 aromatic carbocycles. The normalized spacial score (nSPS) is 16.0. The van der Waals surface area contributed by atoms with Gasteiger partial charge in [-0.1, -0.05) is 6.07 Å². The predicted octanol–water partition coefficient (Wildman–Crippen LogP) is 3.83. The molecule has 0 spiro atoms. The molecule has 0 atom stereocenters. The lowest BCUT2D eigenvalue weighted by Gasteiger charge is -2.32. The Hall–Kier alpha value is -2.99. The van der Waals surface area contributed by atoms with Crippen LogP contribution in [0.4, 0.5) is 5.69 Å². The van der Waals surface area contributed by atoms with E-state index in [9.17, 15) is 4.79 Å². The molecule has 4 rings (SSSR count). The molecule has 1 fully saturated rings. The fraction of sp³-hybridized carbons (Fsp3) is 0.348. The number of carbonyl (C=O) groups excluding carboxylic acids is 1. The number of likely N-dealkylation sites (tertiary alicyclic amines) is 1. The van der Waals surface area contributed by atoms with Gasteiger partial charge in [-0.15, -0.1) is 0 Å². The van der Waals surface area contributed by atoms with Gasteiger partial charge in [0.2, 0.25) is 6.41 Å². The van der Waals surface area contributed by atoms with Gasteiger partial charge in [-0.2, -0.15) is 0 Å². The highest BCUT2D eigenvalue weighted by Gasteiger charge is 2.21. The molecule has 1 saturated heterocycles. The largest absolute Gasteiger partial charge is 0.307 e. The SMILES string of the molecule is Cc1cn2ccc(-c3ccc(/N=C\N(C=O)C4CCN(C)CC4)c(C)c3)cc2n1. The summed E-state index contributed by atoms with van der Waals surface area (Å²) in [6.45, 7) is 6.07. The fourth-order valence-corrected chi connectivity index (χ4v) is 3.90. The van der Waals surface area contributed by atoms with E-state index < -0.39 is 0 Å². The summed E-state index contributed by atoms with van der Waals surface area (Å²) in [4.78, 5) is 24.7. The summed E-state index contributed by atoms with van der Waals surface area (Å²) in [5.74, 6) is 0. The number of aromatic nitrogens is 2. The first-order chi connectivity index (χ1) is 14.0. The number of hydrogen-bond donors (Lipinski definition) is 0. The molecule has 6 nitrogen and oxygen atoms in total. The molecule has 0 aliphatic carbocycles. The van der Waals surface area contributed by atoms with Crippen molar-refractivity contribution < 1.29 is 4.79 Å². The highest BCUT2D eigenvalue weighted by atomic mass is 16.1. The van der Waals surface area contributed by atoms with Gasteiger partial charge in [-0.3, -0.25) is 4.79 Å². The highest BCUT2D eigenvalue weighted by Crippen LogP contribution is 2.27. The van der Waals surface area contributed by atoms with Crippen LogP contribution in [0.5, 0.6) is 0 Å². The number of pyridine rings is 1. The average molecular weight is 390 g/mol. The maximum absolute atomic E-state index is 11.6. The van der Waals surface area contributed by atoms with E-state index in [2.05, 4.69) is 53.1 Å². The number of nitrogens with zero attached hydrogens (tertiary/aromatic N) is 5. The van der Waals surface area contributed by atoms with Crippen LogP contribution in [0.25, 0.3) is 16.8 Å². The molecule has 0 bridgehead atoms. The van der Waals surface area contributed by atoms with Gasteiger partial charge in [0.1, 0.15) is 5.65 Å². The Morgan fingerprint density at radius 1 is 1.14 bits per heavy atom. The van der Waals surface area contributed by atoms with Crippen molar-refractivity contribution in [2.24, 2.45) is 4.99 Å². The lowest BCUT2D eigenvalue weighted by atomic mass is 10.0. The molecule has 3 heterocycles. The molecule has 0 radical (unpaired) electrons. The maximum Gasteiger partial charge on any atom is 0.215 e. The van der Waals surface area contributed by atoms with E-state index in [1.54, 1.807) is 11.2 Å². The van der Waals surface area contributed by atoms with Crippen molar-refractivity contribution in [3.8, 4) is 11.1 Å². The van der Waals surface area contributed by atoms with Crippen LogP contribution < -0.4 is 0 Å². The van der Waals surface area contributed by atoms with Gasteiger partial charge < -0.3 is 14.2 Å². The third-order valence-electron chi connectivity index (χ3n) is 5.67. The number of hydrogen-bond acceptors (Lipinski definition) is 4. The third kappa shape index (κ3) is 4.22. The average Bonchev–Trinajstić information content (AvgIpc) is 3.09. The molecular formula is C23H27N5O. The summed E-state index contributed by atoms with van der Waals surface area (Å²) < 4.78 is 2.03. The Balaban J connectivity index is 1.53. The van der Waals surface area contributed by atoms with E-state index in [1.807, 2.05) is 29.8 Å². The Morgan fingerprint density at radius 3 is 2.62 bits per heavy atom. The van der Waals surface area contributed by atoms with Crippen LogP contribution in [-0.4, -0.2) is 58.1 Å². The minimum Gasteiger partial charge on any atom is -0.307 e. The summed E-state index contributed by atoms with van der Waals surface area (Å²) in [7, 11) is 2.12. The van der Waals surface area contributed by atoms with Gasteiger partial charge in [0, 0.05) is 18.4 Å². The first-order valence-electron chi connectivity index (χ1n) is 10.1. The number of aliphatic imine (C=N–C) groups is 1. The topological polar surface area (TPSA) is 53.2 Å². The first kappa shape index (κ1) is 19.3. The summed E-state index contributed by atoms with van der Waals surface area (Å²) in [5.41, 5.74) is 6.17. The van der Waals surface area contributed by atoms with E-state index in [1.165, 1.54) is 0 Å². The predicted molar refractivity (Wildman–Crippen MR) is 117 cm³/mol. The monoisotopic (exact) mass is 389 g/mol. The van der Waals surface area contributed by atoms with Gasteiger partial charge in [0.05, 0.1) is 17.7 Å². The lowest BCUT2D eigenvalue weighted by Crippen LogP contribution is -2.42. The van der Waals surface area contributed by atoms with Crippen LogP contribution in [0.2, 0.25) is 0 Å². The zero-order valence-corrected chi connectivity index (χ0v) is 17.2. The second-order valence-electron chi connectivity index (χ2n) is 7.90. The third-order valence-corrected chi connectivity index (χ3v) is 5.67. The molecule has 0 saturated carbocycles. The van der Waals surface area contributed by atoms with Crippen molar-refractivity contribution >= 4 is 24.1 Å². The van der Waals surface area contributed by atoms with Crippen molar-refractivity contribution in [3.63, 3.8) is 0 Å². The smallest absolute Gasteiger partial charge is 0.215 e. The minimum atomic E-state index is 0.233. The van der Waals surface area contributed by atoms with Crippen molar-refractivity contribution in [1.29, 1.82) is 0 Å². The number of benzene rings is 1. The Labute approximate surface area is 171 Å². The number of fused-ring (bicyclic) bond motifs is 1. The second-order valence-corrected chi connectivity index (χ2v) is 7.90. The molecule has 1 aliphatic rings. The van der Waals surface area contributed by atoms with Crippen molar-refractivity contribution in [2.75, 3.05) is 20.1 Å². The second kappa shape index (κ2) is 8.17. The van der Waals surface area contributed by atoms with Crippen LogP contribution in [0, 0.1) is 13.8 Å². The van der Waals surface area contributed by atoms with Crippen LogP contribution in [0.1, 0.15) is 24.1 Å². The summed E-state index contributed by atoms with van der Waals surface area (Å²) in [6, 6.07) is 10.6. The summed E-state index contributed by atoms with van der Waals surface area (Å²) >= 11 is 0. The molecule has 0 N–H and O–H groups in total. The van der Waals surface area contributed by atoms with Gasteiger partial charge in [0.25, 0.3) is 0 Å². The number of aryl methyl sites for hydroxylation is 2. The highest BCUT2D eigenvalue weighted by molar-refractivity contribution is 5.77. The van der Waals surface area contributed by atoms with Gasteiger partial charge in [0.15, 0.2) is 0 Å². The lowest BCUT2D eigenvalue weighted by molar-refractivity contribution is -0.116. The van der Waals surface area contributed by atoms with E-state index in [4.69, 9.17) is 0 Å². The Bertz CT molecular complexity index is 1050. The van der Waals surface area contributed by atoms with E-state index in [0.29, 0.717) is 0 Å². The van der Waals surface area contributed by atoms with Gasteiger partial charge >= 0.3 is 0 Å². The molecule has 6 heteroatoms. The molecule has 29 heavy (non-hydrogen) atoms. The molecule has 1 amide bonds. The number of rotatable bonds is 5. The standard InChI is InChI=1S/C23H27N5O/c1-17-12-19(20-6-11-27-14-18(2)25-23(27)13-20)4-5-22(17)24-15-28(16-29)21-7-9-26(3)10-8-21/h4-6,11-16,21H,7-10H2,1-3H3/b24-15-. The van der Waals surface area contributed by atoms with Crippen molar-refractivity contribution in [3.05, 3.63) is 54.0 Å². The van der Waals surface area contributed by atoms with Crippen LogP contribution in [-0.2, 0) is 4.79 Å². The molecular weight excluding hydrogens is 362 g/mol. The maximum atomic E-state index is 11.6. The summed E-state index contributed by atoms with van der Waals surface area (Å²) in [6.07, 6.45) is 8.60. The molecule has 3 aromatic rings. The minimum absolute atomic E-state index is 0.233. The first-order valence-corrected chi connectivity index (χ1v) is 10.1. The fourth-order valence-electron chi connectivity index (χ4n) is 3.90. The van der Waals surface area contributed by atoms with E-state index >= 15 is 0 Å². The van der Waals surface area contributed by atoms with E-state index in [-0.39, 0.29) is 6.04 Å². The number of carbonyl (C=O) groups is 1. The summed E-state index contributed by atoms with van der Waals surface area (Å²) in [5, 5.41) is 0. The quantitative estimate of drug-likeness (QED) is 0.379. The van der Waals surface area contributed by atoms with E-state index in [0.717, 1.165) is 66.1 Å². The van der Waals surface area contributed by atoms with Crippen LogP contribution in [0.15, 0.2) is 47.7 Å². The Morgan fingerprint density at radius 2 is 1.90 bits per heavy atom. The zero-order valence-electron chi connectivity index (χ0n) is 17.2. The van der Waals surface area contributed by atoms with Crippen molar-refractivity contribution in [1.82, 2.24) is 19.2 Å². The van der Waals surface area contributed by atoms with Crippen molar-refractivity contribution in [2.45, 2.75) is 32.7 Å². The number of piperidine rings is 1. The molecule has 150 valence electrons. The molecule has 2 aromatic heterocycles. The van der Waals surface area contributed by atoms with Crippen LogP contribution >= 0.6 is 0 Å². The zero-order chi connectivity index (χ0) is 20.4. The van der Waals surface area contributed by atoms with Crippen LogP contribution in [0.3, 0.4) is 0 Å². The Kier molecular flexibility index (Phi) is 5.45. The molecule has 0 unspecified atom stereocenters.